The molecule has 0 amide bonds. The first-order valence-corrected chi connectivity index (χ1v) is 5.76. The van der Waals surface area contributed by atoms with Gasteiger partial charge in [0.15, 0.2) is 0 Å². The van der Waals surface area contributed by atoms with Crippen molar-refractivity contribution in [1.29, 1.82) is 0 Å². The van der Waals surface area contributed by atoms with Gasteiger partial charge in [-0.1, -0.05) is 29.8 Å². The molecule has 2 rings (SSSR count). The Kier molecular flexibility index (Phi) is 3.49. The van der Waals surface area contributed by atoms with Crippen molar-refractivity contribution in [3.8, 4) is 0 Å². The van der Waals surface area contributed by atoms with Gasteiger partial charge >= 0.3 is 0 Å². The van der Waals surface area contributed by atoms with E-state index in [1.54, 1.807) is 6.20 Å². The van der Waals surface area contributed by atoms with E-state index in [-0.39, 0.29) is 6.04 Å². The molecule has 1 unspecified atom stereocenters. The highest BCUT2D eigenvalue weighted by atomic mass is 14.9. The highest BCUT2D eigenvalue weighted by Gasteiger charge is 2.08. The van der Waals surface area contributed by atoms with Crippen molar-refractivity contribution in [3.05, 3.63) is 59.2 Å². The van der Waals surface area contributed by atoms with Gasteiger partial charge < -0.3 is 5.73 Å². The zero-order valence-corrected chi connectivity index (χ0v) is 10.2. The van der Waals surface area contributed by atoms with Crippen LogP contribution >= 0.6 is 0 Å². The normalized spacial score (nSPS) is 12.4. The van der Waals surface area contributed by atoms with Crippen LogP contribution in [0.4, 0.5) is 0 Å². The molecule has 1 atom stereocenters. The summed E-state index contributed by atoms with van der Waals surface area (Å²) in [5.74, 6) is 0.766. The number of nitrogens with zero attached hydrogens (tertiary/aromatic N) is 2. The van der Waals surface area contributed by atoms with E-state index >= 15 is 0 Å². The molecule has 88 valence electrons. The molecule has 3 heteroatoms. The van der Waals surface area contributed by atoms with Crippen LogP contribution in [0.2, 0.25) is 0 Å². The van der Waals surface area contributed by atoms with Crippen LogP contribution in [-0.4, -0.2) is 9.97 Å². The summed E-state index contributed by atoms with van der Waals surface area (Å²) in [5.41, 5.74) is 9.56. The third-order valence-electron chi connectivity index (χ3n) is 2.72. The van der Waals surface area contributed by atoms with Crippen molar-refractivity contribution in [1.82, 2.24) is 9.97 Å². The lowest BCUT2D eigenvalue weighted by molar-refractivity contribution is 0.687. The first kappa shape index (κ1) is 11.7. The largest absolute Gasteiger partial charge is 0.322 e. The van der Waals surface area contributed by atoms with E-state index in [0.29, 0.717) is 0 Å². The second-order valence-electron chi connectivity index (χ2n) is 4.33. The van der Waals surface area contributed by atoms with Crippen molar-refractivity contribution in [2.75, 3.05) is 0 Å². The minimum absolute atomic E-state index is 0.0708. The molecule has 0 saturated heterocycles. The first-order valence-electron chi connectivity index (χ1n) is 5.76. The minimum atomic E-state index is -0.0708. The van der Waals surface area contributed by atoms with E-state index < -0.39 is 0 Å². The summed E-state index contributed by atoms with van der Waals surface area (Å²) in [6.07, 6.45) is 2.56. The van der Waals surface area contributed by atoms with Crippen molar-refractivity contribution in [2.24, 2.45) is 5.73 Å². The summed E-state index contributed by atoms with van der Waals surface area (Å²) < 4.78 is 0. The summed E-state index contributed by atoms with van der Waals surface area (Å²) in [6.45, 7) is 3.97. The maximum Gasteiger partial charge on any atom is 0.125 e. The van der Waals surface area contributed by atoms with Crippen LogP contribution in [0.3, 0.4) is 0 Å². The number of nitrogens with two attached hydrogens (primary N) is 1. The molecule has 0 saturated carbocycles. The second-order valence-corrected chi connectivity index (χ2v) is 4.33. The molecule has 0 fully saturated rings. The third kappa shape index (κ3) is 3.11. The van der Waals surface area contributed by atoms with Gasteiger partial charge in [-0.25, -0.2) is 9.97 Å². The van der Waals surface area contributed by atoms with Crippen LogP contribution in [0.5, 0.6) is 0 Å². The Morgan fingerprint density at radius 3 is 2.76 bits per heavy atom. The minimum Gasteiger partial charge on any atom is -0.322 e. The molecular weight excluding hydrogens is 210 g/mol. The number of aromatic nitrogens is 2. The van der Waals surface area contributed by atoms with E-state index in [9.17, 15) is 0 Å². The van der Waals surface area contributed by atoms with Crippen LogP contribution in [0.15, 0.2) is 36.5 Å². The van der Waals surface area contributed by atoms with Gasteiger partial charge in [-0.2, -0.15) is 0 Å². The smallest absolute Gasteiger partial charge is 0.125 e. The van der Waals surface area contributed by atoms with E-state index in [0.717, 1.165) is 17.9 Å². The molecular formula is C14H17N3. The van der Waals surface area contributed by atoms with Gasteiger partial charge in [-0.3, -0.25) is 0 Å². The van der Waals surface area contributed by atoms with Gasteiger partial charge in [-0.15, -0.1) is 0 Å². The molecule has 0 bridgehead atoms. The van der Waals surface area contributed by atoms with Gasteiger partial charge in [0.25, 0.3) is 0 Å². The molecule has 0 aliphatic heterocycles. The molecule has 1 heterocycles. The third-order valence-corrected chi connectivity index (χ3v) is 2.72. The van der Waals surface area contributed by atoms with Gasteiger partial charge in [0.2, 0.25) is 0 Å². The molecule has 2 aromatic rings. The lowest BCUT2D eigenvalue weighted by atomic mass is 10.0. The fraction of sp³-hybridized carbons (Fsp3) is 0.286. The number of rotatable bonds is 3. The standard InChI is InChI=1S/C14H17N3/c1-10-4-3-5-12(8-10)9-13(15)14-6-7-16-11(2)17-14/h3-8,13H,9,15H2,1-2H3. The van der Waals surface area contributed by atoms with E-state index in [1.165, 1.54) is 11.1 Å². The lowest BCUT2D eigenvalue weighted by Crippen LogP contribution is -2.15. The Morgan fingerprint density at radius 2 is 2.06 bits per heavy atom. The lowest BCUT2D eigenvalue weighted by Gasteiger charge is -2.11. The Balaban J connectivity index is 2.14. The Bertz CT molecular complexity index is 508. The Morgan fingerprint density at radius 1 is 1.24 bits per heavy atom. The molecule has 0 aliphatic rings. The van der Waals surface area contributed by atoms with Gasteiger partial charge in [0.1, 0.15) is 5.82 Å². The fourth-order valence-corrected chi connectivity index (χ4v) is 1.88. The Labute approximate surface area is 102 Å². The zero-order valence-electron chi connectivity index (χ0n) is 10.2. The number of aryl methyl sites for hydroxylation is 2. The van der Waals surface area contributed by atoms with Gasteiger partial charge in [0, 0.05) is 6.20 Å². The summed E-state index contributed by atoms with van der Waals surface area (Å²) in [4.78, 5) is 8.43. The average molecular weight is 227 g/mol. The van der Waals surface area contributed by atoms with Crippen molar-refractivity contribution in [3.63, 3.8) is 0 Å². The van der Waals surface area contributed by atoms with Crippen molar-refractivity contribution in [2.45, 2.75) is 26.3 Å². The second kappa shape index (κ2) is 5.06. The molecule has 1 aromatic heterocycles. The molecule has 2 N–H and O–H groups in total. The predicted octanol–water partition coefficient (Wildman–Crippen LogP) is 2.34. The molecule has 3 nitrogen and oxygen atoms in total. The summed E-state index contributed by atoms with van der Waals surface area (Å²) in [5, 5.41) is 0. The van der Waals surface area contributed by atoms with Crippen LogP contribution in [0.1, 0.15) is 28.7 Å². The summed E-state index contributed by atoms with van der Waals surface area (Å²) in [6, 6.07) is 10.2. The average Bonchev–Trinajstić information content (AvgIpc) is 2.29. The van der Waals surface area contributed by atoms with Crippen LogP contribution in [0, 0.1) is 13.8 Å². The van der Waals surface area contributed by atoms with E-state index in [1.807, 2.05) is 13.0 Å². The fourth-order valence-electron chi connectivity index (χ4n) is 1.88. The maximum atomic E-state index is 6.16. The molecule has 17 heavy (non-hydrogen) atoms. The predicted molar refractivity (Wildman–Crippen MR) is 68.6 cm³/mol. The first-order chi connectivity index (χ1) is 8.15. The van der Waals surface area contributed by atoms with Crippen molar-refractivity contribution < 1.29 is 0 Å². The topological polar surface area (TPSA) is 51.8 Å². The molecule has 0 aliphatic carbocycles. The van der Waals surface area contributed by atoms with Gasteiger partial charge in [0.05, 0.1) is 11.7 Å². The zero-order chi connectivity index (χ0) is 12.3. The summed E-state index contributed by atoms with van der Waals surface area (Å²) in [7, 11) is 0. The van der Waals surface area contributed by atoms with Gasteiger partial charge in [-0.05, 0) is 31.9 Å². The highest BCUT2D eigenvalue weighted by Crippen LogP contribution is 2.14. The number of hydrogen-bond donors (Lipinski definition) is 1. The number of hydrogen-bond acceptors (Lipinski definition) is 3. The van der Waals surface area contributed by atoms with Crippen LogP contribution < -0.4 is 5.73 Å². The molecule has 0 radical (unpaired) electrons. The van der Waals surface area contributed by atoms with E-state index in [4.69, 9.17) is 5.73 Å². The van der Waals surface area contributed by atoms with Crippen LogP contribution in [-0.2, 0) is 6.42 Å². The monoisotopic (exact) mass is 227 g/mol. The Hall–Kier alpha value is -1.74. The molecule has 0 spiro atoms. The van der Waals surface area contributed by atoms with Crippen molar-refractivity contribution >= 4 is 0 Å². The highest BCUT2D eigenvalue weighted by molar-refractivity contribution is 5.24. The summed E-state index contributed by atoms with van der Waals surface area (Å²) >= 11 is 0. The van der Waals surface area contributed by atoms with E-state index in [2.05, 4.69) is 41.2 Å². The quantitative estimate of drug-likeness (QED) is 0.875. The SMILES string of the molecule is Cc1cccc(CC(N)c2ccnc(C)n2)c1. The molecule has 1 aromatic carbocycles. The number of benzene rings is 1. The van der Waals surface area contributed by atoms with Crippen LogP contribution in [0.25, 0.3) is 0 Å². The maximum absolute atomic E-state index is 6.16.